The number of aryl methyl sites for hydroxylation is 1. The summed E-state index contributed by atoms with van der Waals surface area (Å²) in [6.07, 6.45) is 1.17. The normalized spacial score (nSPS) is 17.9. The fourth-order valence-corrected chi connectivity index (χ4v) is 3.92. The maximum absolute atomic E-state index is 3.70. The summed E-state index contributed by atoms with van der Waals surface area (Å²) in [6.45, 7) is 2.15. The molecule has 1 aliphatic rings. The van der Waals surface area contributed by atoms with E-state index in [1.54, 1.807) is 0 Å². The molecule has 0 bridgehead atoms. The average Bonchev–Trinajstić information content (AvgIpc) is 2.43. The van der Waals surface area contributed by atoms with Crippen molar-refractivity contribution in [3.05, 3.63) is 58.1 Å². The Hall–Kier alpha value is -0.930. The van der Waals surface area contributed by atoms with Gasteiger partial charge in [0.1, 0.15) is 0 Å². The molecular formula is C16H16BrNS. The van der Waals surface area contributed by atoms with Crippen LogP contribution in [0.15, 0.2) is 51.8 Å². The van der Waals surface area contributed by atoms with Crippen molar-refractivity contribution in [2.24, 2.45) is 0 Å². The van der Waals surface area contributed by atoms with Gasteiger partial charge in [0, 0.05) is 20.8 Å². The van der Waals surface area contributed by atoms with Crippen molar-refractivity contribution >= 4 is 33.4 Å². The smallest absolute Gasteiger partial charge is 0.0532 e. The topological polar surface area (TPSA) is 12.0 Å². The second-order valence-corrected chi connectivity index (χ2v) is 6.88. The number of rotatable bonds is 2. The van der Waals surface area contributed by atoms with Crippen LogP contribution in [-0.4, -0.2) is 5.75 Å². The minimum atomic E-state index is 0.422. The van der Waals surface area contributed by atoms with Crippen molar-refractivity contribution in [3.8, 4) is 0 Å². The van der Waals surface area contributed by atoms with Crippen molar-refractivity contribution in [1.82, 2.24) is 0 Å². The Labute approximate surface area is 126 Å². The molecule has 2 aromatic rings. The largest absolute Gasteiger partial charge is 0.378 e. The highest BCUT2D eigenvalue weighted by atomic mass is 79.9. The van der Waals surface area contributed by atoms with Gasteiger partial charge >= 0.3 is 0 Å². The number of hydrogen-bond donors (Lipinski definition) is 1. The number of benzene rings is 2. The van der Waals surface area contributed by atoms with Crippen LogP contribution < -0.4 is 5.32 Å². The molecule has 3 rings (SSSR count). The van der Waals surface area contributed by atoms with E-state index in [-0.39, 0.29) is 0 Å². The Kier molecular flexibility index (Phi) is 3.85. The fourth-order valence-electron chi connectivity index (χ4n) is 2.43. The van der Waals surface area contributed by atoms with Gasteiger partial charge in [-0.25, -0.2) is 0 Å². The minimum Gasteiger partial charge on any atom is -0.378 e. The quantitative estimate of drug-likeness (QED) is 0.788. The molecule has 1 heterocycles. The molecule has 1 atom stereocenters. The van der Waals surface area contributed by atoms with E-state index >= 15 is 0 Å². The van der Waals surface area contributed by atoms with Gasteiger partial charge in [0.25, 0.3) is 0 Å². The van der Waals surface area contributed by atoms with Gasteiger partial charge in [-0.05, 0) is 42.7 Å². The number of fused-ring (bicyclic) bond motifs is 1. The lowest BCUT2D eigenvalue weighted by atomic mass is 10.0. The fraction of sp³-hybridized carbons (Fsp3) is 0.250. The van der Waals surface area contributed by atoms with E-state index in [2.05, 4.69) is 70.6 Å². The summed E-state index contributed by atoms with van der Waals surface area (Å²) in [5.41, 5.74) is 3.94. The first kappa shape index (κ1) is 13.1. The molecule has 19 heavy (non-hydrogen) atoms. The molecule has 0 spiro atoms. The molecule has 1 nitrogen and oxygen atoms in total. The van der Waals surface area contributed by atoms with Crippen molar-refractivity contribution < 1.29 is 0 Å². The summed E-state index contributed by atoms with van der Waals surface area (Å²) in [4.78, 5) is 1.42. The van der Waals surface area contributed by atoms with Crippen LogP contribution in [0.4, 0.5) is 5.69 Å². The molecule has 0 aliphatic carbocycles. The highest BCUT2D eigenvalue weighted by Crippen LogP contribution is 2.38. The van der Waals surface area contributed by atoms with E-state index in [1.807, 2.05) is 11.8 Å². The molecule has 3 heteroatoms. The van der Waals surface area contributed by atoms with Crippen LogP contribution in [0.25, 0.3) is 0 Å². The third-order valence-electron chi connectivity index (χ3n) is 3.49. The molecule has 98 valence electrons. The summed E-state index contributed by atoms with van der Waals surface area (Å²) in [6, 6.07) is 15.5. The molecule has 0 radical (unpaired) electrons. The second kappa shape index (κ2) is 5.59. The number of nitrogens with one attached hydrogen (secondary N) is 1. The zero-order chi connectivity index (χ0) is 13.2. The molecule has 1 N–H and O–H groups in total. The molecule has 0 saturated heterocycles. The van der Waals surface area contributed by atoms with Gasteiger partial charge in [-0.1, -0.05) is 40.2 Å². The van der Waals surface area contributed by atoms with Gasteiger partial charge in [0.2, 0.25) is 0 Å². The Morgan fingerprint density at radius 1 is 1.21 bits per heavy atom. The molecule has 1 unspecified atom stereocenters. The Morgan fingerprint density at radius 2 is 2.05 bits per heavy atom. The zero-order valence-corrected chi connectivity index (χ0v) is 13.2. The Morgan fingerprint density at radius 3 is 2.95 bits per heavy atom. The van der Waals surface area contributed by atoms with E-state index in [0.717, 1.165) is 4.47 Å². The monoisotopic (exact) mass is 333 g/mol. The molecule has 2 aromatic carbocycles. The zero-order valence-electron chi connectivity index (χ0n) is 10.8. The summed E-state index contributed by atoms with van der Waals surface area (Å²) in [7, 11) is 0. The molecule has 1 aliphatic heterocycles. The van der Waals surface area contributed by atoms with E-state index in [0.29, 0.717) is 6.04 Å². The first-order valence-corrected chi connectivity index (χ1v) is 8.26. The molecule has 0 aromatic heterocycles. The van der Waals surface area contributed by atoms with Crippen molar-refractivity contribution in [2.45, 2.75) is 24.3 Å². The lowest BCUT2D eigenvalue weighted by molar-refractivity contribution is 0.728. The van der Waals surface area contributed by atoms with E-state index in [9.17, 15) is 0 Å². The minimum absolute atomic E-state index is 0.422. The first-order chi connectivity index (χ1) is 9.24. The van der Waals surface area contributed by atoms with Crippen LogP contribution in [-0.2, 0) is 0 Å². The second-order valence-electron chi connectivity index (χ2n) is 4.83. The molecule has 0 saturated carbocycles. The van der Waals surface area contributed by atoms with Gasteiger partial charge in [-0.3, -0.25) is 0 Å². The molecule has 0 amide bonds. The van der Waals surface area contributed by atoms with Crippen LogP contribution in [0.1, 0.15) is 23.6 Å². The highest BCUT2D eigenvalue weighted by molar-refractivity contribution is 9.10. The average molecular weight is 334 g/mol. The van der Waals surface area contributed by atoms with Crippen molar-refractivity contribution in [3.63, 3.8) is 0 Å². The predicted octanol–water partition coefficient (Wildman–Crippen LogP) is 5.41. The van der Waals surface area contributed by atoms with Gasteiger partial charge in [-0.2, -0.15) is 0 Å². The van der Waals surface area contributed by atoms with E-state index in [1.165, 1.54) is 33.9 Å². The van der Waals surface area contributed by atoms with Crippen LogP contribution >= 0.6 is 27.7 Å². The summed E-state index contributed by atoms with van der Waals surface area (Å²) < 4.78 is 1.12. The van der Waals surface area contributed by atoms with Gasteiger partial charge in [0.15, 0.2) is 0 Å². The number of thioether (sulfide) groups is 1. The summed E-state index contributed by atoms with van der Waals surface area (Å²) in [5.74, 6) is 1.18. The van der Waals surface area contributed by atoms with Crippen LogP contribution in [0.2, 0.25) is 0 Å². The first-order valence-electron chi connectivity index (χ1n) is 6.48. The van der Waals surface area contributed by atoms with Crippen LogP contribution in [0, 0.1) is 6.92 Å². The van der Waals surface area contributed by atoms with Crippen molar-refractivity contribution in [2.75, 3.05) is 11.1 Å². The van der Waals surface area contributed by atoms with Crippen molar-refractivity contribution in [1.29, 1.82) is 0 Å². The summed E-state index contributed by atoms with van der Waals surface area (Å²) >= 11 is 5.51. The van der Waals surface area contributed by atoms with Gasteiger partial charge in [0.05, 0.1) is 6.04 Å². The Bertz CT molecular complexity index is 597. The highest BCUT2D eigenvalue weighted by Gasteiger charge is 2.20. The van der Waals surface area contributed by atoms with E-state index < -0.39 is 0 Å². The van der Waals surface area contributed by atoms with Gasteiger partial charge < -0.3 is 5.32 Å². The maximum Gasteiger partial charge on any atom is 0.0532 e. The third-order valence-corrected chi connectivity index (χ3v) is 5.10. The van der Waals surface area contributed by atoms with Gasteiger partial charge in [-0.15, -0.1) is 11.8 Å². The van der Waals surface area contributed by atoms with E-state index in [4.69, 9.17) is 0 Å². The lowest BCUT2D eigenvalue weighted by Crippen LogP contribution is -2.16. The van der Waals surface area contributed by atoms with Crippen LogP contribution in [0.5, 0.6) is 0 Å². The lowest BCUT2D eigenvalue weighted by Gasteiger charge is -2.27. The molecule has 0 fully saturated rings. The number of anilines is 1. The molecular weight excluding hydrogens is 318 g/mol. The summed E-state index contributed by atoms with van der Waals surface area (Å²) in [5, 5.41) is 3.70. The number of hydrogen-bond acceptors (Lipinski definition) is 2. The van der Waals surface area contributed by atoms with Crippen LogP contribution in [0.3, 0.4) is 0 Å². The maximum atomic E-state index is 3.70. The third kappa shape index (κ3) is 2.82. The Balaban J connectivity index is 1.90. The SMILES string of the molecule is Cc1ccc(Br)cc1NC1CCSc2ccccc21. The standard InChI is InChI=1S/C16H16BrNS/c1-11-6-7-12(17)10-15(11)18-14-8-9-19-16-5-3-2-4-13(14)16/h2-7,10,14,18H,8-9H2,1H3. The predicted molar refractivity (Wildman–Crippen MR) is 87.0 cm³/mol. The number of halogens is 1.